The molecule has 0 bridgehead atoms. The van der Waals surface area contributed by atoms with Crippen molar-refractivity contribution in [3.05, 3.63) is 35.4 Å². The molecular formula is C16H24N2. The van der Waals surface area contributed by atoms with Gasteiger partial charge in [-0.25, -0.2) is 0 Å². The molecule has 0 aromatic heterocycles. The van der Waals surface area contributed by atoms with Gasteiger partial charge in [-0.05, 0) is 29.5 Å². The summed E-state index contributed by atoms with van der Waals surface area (Å²) in [6.07, 6.45) is 0. The average molecular weight is 244 g/mol. The minimum atomic E-state index is 0.669. The number of benzene rings is 1. The Balaban J connectivity index is 2.72. The van der Waals surface area contributed by atoms with Crippen LogP contribution in [-0.4, -0.2) is 18.0 Å². The third-order valence-electron chi connectivity index (χ3n) is 2.71. The van der Waals surface area contributed by atoms with Gasteiger partial charge in [0.2, 0.25) is 0 Å². The monoisotopic (exact) mass is 244 g/mol. The minimum absolute atomic E-state index is 0.669. The highest BCUT2D eigenvalue weighted by Crippen LogP contribution is 2.11. The number of nitriles is 1. The molecule has 2 heteroatoms. The highest BCUT2D eigenvalue weighted by atomic mass is 15.1. The van der Waals surface area contributed by atoms with Crippen molar-refractivity contribution in [2.45, 2.75) is 34.2 Å². The first-order chi connectivity index (χ1) is 8.51. The van der Waals surface area contributed by atoms with E-state index in [1.807, 2.05) is 18.2 Å². The van der Waals surface area contributed by atoms with Crippen LogP contribution in [0.25, 0.3) is 0 Å². The molecule has 18 heavy (non-hydrogen) atoms. The molecule has 0 fully saturated rings. The lowest BCUT2D eigenvalue weighted by molar-refractivity contribution is 0.211. The first kappa shape index (κ1) is 14.7. The molecule has 0 radical (unpaired) electrons. The predicted molar refractivity (Wildman–Crippen MR) is 76.1 cm³/mol. The van der Waals surface area contributed by atoms with Gasteiger partial charge in [-0.2, -0.15) is 5.26 Å². The third kappa shape index (κ3) is 5.33. The molecule has 0 N–H and O–H groups in total. The summed E-state index contributed by atoms with van der Waals surface area (Å²) in [5.74, 6) is 1.34. The van der Waals surface area contributed by atoms with Crippen molar-refractivity contribution in [2.24, 2.45) is 11.8 Å². The van der Waals surface area contributed by atoms with E-state index in [9.17, 15) is 0 Å². The molecule has 0 aliphatic heterocycles. The molecule has 0 amide bonds. The van der Waals surface area contributed by atoms with Gasteiger partial charge >= 0.3 is 0 Å². The van der Waals surface area contributed by atoms with Crippen LogP contribution >= 0.6 is 0 Å². The third-order valence-corrected chi connectivity index (χ3v) is 2.71. The Morgan fingerprint density at radius 3 is 2.22 bits per heavy atom. The zero-order valence-electron chi connectivity index (χ0n) is 12.0. The van der Waals surface area contributed by atoms with E-state index in [4.69, 9.17) is 5.26 Å². The Labute approximate surface area is 111 Å². The first-order valence-corrected chi connectivity index (χ1v) is 6.72. The Bertz CT molecular complexity index is 392. The molecule has 0 unspecified atom stereocenters. The maximum Gasteiger partial charge on any atom is 0.0991 e. The maximum absolute atomic E-state index is 8.92. The van der Waals surface area contributed by atoms with Gasteiger partial charge in [-0.15, -0.1) is 0 Å². The second-order valence-electron chi connectivity index (χ2n) is 5.79. The fraction of sp³-hybridized carbons (Fsp3) is 0.562. The Morgan fingerprint density at radius 1 is 1.11 bits per heavy atom. The van der Waals surface area contributed by atoms with Gasteiger partial charge in [-0.3, -0.25) is 4.90 Å². The van der Waals surface area contributed by atoms with Crippen molar-refractivity contribution in [2.75, 3.05) is 13.1 Å². The van der Waals surface area contributed by atoms with Crippen LogP contribution in [0.1, 0.15) is 38.8 Å². The number of nitrogens with zero attached hydrogens (tertiary/aromatic N) is 2. The van der Waals surface area contributed by atoms with Gasteiger partial charge in [-0.1, -0.05) is 39.8 Å². The molecule has 0 aliphatic rings. The van der Waals surface area contributed by atoms with Crippen LogP contribution in [0, 0.1) is 23.2 Å². The van der Waals surface area contributed by atoms with Crippen molar-refractivity contribution in [3.8, 4) is 6.07 Å². The van der Waals surface area contributed by atoms with Crippen molar-refractivity contribution >= 4 is 0 Å². The summed E-state index contributed by atoms with van der Waals surface area (Å²) in [5, 5.41) is 8.92. The number of hydrogen-bond donors (Lipinski definition) is 0. The standard InChI is InChI=1S/C16H24N2/c1-13(2)10-18(11-14(3)4)12-16-7-5-6-15(8-16)9-17/h5-8,13-14H,10-12H2,1-4H3. The Hall–Kier alpha value is -1.33. The molecule has 2 nitrogen and oxygen atoms in total. The predicted octanol–water partition coefficient (Wildman–Crippen LogP) is 3.67. The van der Waals surface area contributed by atoms with Crippen molar-refractivity contribution in [3.63, 3.8) is 0 Å². The highest BCUT2D eigenvalue weighted by molar-refractivity contribution is 5.32. The summed E-state index contributed by atoms with van der Waals surface area (Å²) >= 11 is 0. The van der Waals surface area contributed by atoms with Crippen LogP contribution in [0.4, 0.5) is 0 Å². The van der Waals surface area contributed by atoms with Gasteiger partial charge in [0.1, 0.15) is 0 Å². The minimum Gasteiger partial charge on any atom is -0.299 e. The van der Waals surface area contributed by atoms with Crippen LogP contribution in [-0.2, 0) is 6.54 Å². The zero-order valence-corrected chi connectivity index (χ0v) is 12.0. The van der Waals surface area contributed by atoms with Crippen LogP contribution in [0.2, 0.25) is 0 Å². The number of rotatable bonds is 6. The lowest BCUT2D eigenvalue weighted by Crippen LogP contribution is -2.30. The van der Waals surface area contributed by atoms with Gasteiger partial charge in [0.15, 0.2) is 0 Å². The summed E-state index contributed by atoms with van der Waals surface area (Å²) < 4.78 is 0. The van der Waals surface area contributed by atoms with E-state index in [0.717, 1.165) is 25.2 Å². The van der Waals surface area contributed by atoms with Crippen molar-refractivity contribution < 1.29 is 0 Å². The summed E-state index contributed by atoms with van der Waals surface area (Å²) in [6.45, 7) is 12.1. The summed E-state index contributed by atoms with van der Waals surface area (Å²) in [7, 11) is 0. The normalized spacial score (nSPS) is 11.2. The molecule has 0 atom stereocenters. The van der Waals surface area contributed by atoms with Gasteiger partial charge < -0.3 is 0 Å². The SMILES string of the molecule is CC(C)CN(Cc1cccc(C#N)c1)CC(C)C. The largest absolute Gasteiger partial charge is 0.299 e. The lowest BCUT2D eigenvalue weighted by atomic mass is 10.1. The molecule has 0 spiro atoms. The van der Waals surface area contributed by atoms with Crippen molar-refractivity contribution in [1.82, 2.24) is 4.90 Å². The molecule has 0 heterocycles. The molecule has 0 saturated carbocycles. The molecule has 1 rings (SSSR count). The molecule has 1 aromatic carbocycles. The fourth-order valence-corrected chi connectivity index (χ4v) is 2.23. The molecule has 1 aromatic rings. The first-order valence-electron chi connectivity index (χ1n) is 6.72. The molecular weight excluding hydrogens is 220 g/mol. The smallest absolute Gasteiger partial charge is 0.0991 e. The van der Waals surface area contributed by atoms with E-state index >= 15 is 0 Å². The molecule has 98 valence electrons. The van der Waals surface area contributed by atoms with Gasteiger partial charge in [0, 0.05) is 19.6 Å². The van der Waals surface area contributed by atoms with E-state index in [0.29, 0.717) is 11.8 Å². The second-order valence-corrected chi connectivity index (χ2v) is 5.79. The van der Waals surface area contributed by atoms with Crippen LogP contribution in [0.15, 0.2) is 24.3 Å². The quantitative estimate of drug-likeness (QED) is 0.763. The average Bonchev–Trinajstić information content (AvgIpc) is 2.27. The summed E-state index contributed by atoms with van der Waals surface area (Å²) in [4.78, 5) is 2.48. The lowest BCUT2D eigenvalue weighted by Gasteiger charge is -2.26. The fourth-order valence-electron chi connectivity index (χ4n) is 2.23. The van der Waals surface area contributed by atoms with Crippen LogP contribution < -0.4 is 0 Å². The van der Waals surface area contributed by atoms with Crippen LogP contribution in [0.5, 0.6) is 0 Å². The number of hydrogen-bond acceptors (Lipinski definition) is 2. The van der Waals surface area contributed by atoms with Gasteiger partial charge in [0.05, 0.1) is 11.6 Å². The van der Waals surface area contributed by atoms with E-state index in [1.54, 1.807) is 0 Å². The van der Waals surface area contributed by atoms with Crippen LogP contribution in [0.3, 0.4) is 0 Å². The van der Waals surface area contributed by atoms with E-state index in [1.165, 1.54) is 5.56 Å². The highest BCUT2D eigenvalue weighted by Gasteiger charge is 2.10. The molecule has 0 saturated heterocycles. The topological polar surface area (TPSA) is 27.0 Å². The van der Waals surface area contributed by atoms with E-state index in [-0.39, 0.29) is 0 Å². The maximum atomic E-state index is 8.92. The Kier molecular flexibility index (Phi) is 5.88. The summed E-state index contributed by atoms with van der Waals surface area (Å²) in [5.41, 5.74) is 1.98. The molecule has 0 aliphatic carbocycles. The Morgan fingerprint density at radius 2 is 1.72 bits per heavy atom. The summed E-state index contributed by atoms with van der Waals surface area (Å²) in [6, 6.07) is 10.1. The van der Waals surface area contributed by atoms with E-state index < -0.39 is 0 Å². The van der Waals surface area contributed by atoms with Gasteiger partial charge in [0.25, 0.3) is 0 Å². The zero-order chi connectivity index (χ0) is 13.5. The second kappa shape index (κ2) is 7.18. The van der Waals surface area contributed by atoms with Crippen molar-refractivity contribution in [1.29, 1.82) is 5.26 Å². The van der Waals surface area contributed by atoms with E-state index in [2.05, 4.69) is 44.7 Å².